The Morgan fingerprint density at radius 1 is 1.38 bits per heavy atom. The first-order valence-corrected chi connectivity index (χ1v) is 7.02. The van der Waals surface area contributed by atoms with E-state index in [1.165, 1.54) is 25.7 Å². The molecule has 0 saturated heterocycles. The zero-order valence-electron chi connectivity index (χ0n) is 9.36. The van der Waals surface area contributed by atoms with E-state index < -0.39 is 0 Å². The number of rotatable bonds is 3. The van der Waals surface area contributed by atoms with Gasteiger partial charge < -0.3 is 10.2 Å². The number of nitrogens with two attached hydrogens (primary N) is 1. The van der Waals surface area contributed by atoms with Gasteiger partial charge in [0.25, 0.3) is 0 Å². The normalized spacial score (nSPS) is 34.5. The van der Waals surface area contributed by atoms with E-state index in [9.17, 15) is 0 Å². The lowest BCUT2D eigenvalue weighted by Crippen LogP contribution is -2.19. The van der Waals surface area contributed by atoms with Gasteiger partial charge in [-0.25, -0.2) is 0 Å². The largest absolute Gasteiger partial charge is 0.453 e. The van der Waals surface area contributed by atoms with Crippen LogP contribution in [0.25, 0.3) is 0 Å². The maximum absolute atomic E-state index is 6.21. The molecule has 0 spiro atoms. The highest BCUT2D eigenvalue weighted by atomic mass is 79.9. The molecule has 2 N–H and O–H groups in total. The second-order valence-corrected chi connectivity index (χ2v) is 6.20. The van der Waals surface area contributed by atoms with Crippen LogP contribution in [0.1, 0.15) is 43.9 Å². The molecule has 0 aromatic carbocycles. The van der Waals surface area contributed by atoms with Crippen LogP contribution in [0.5, 0.6) is 0 Å². The Labute approximate surface area is 105 Å². The van der Waals surface area contributed by atoms with Crippen molar-refractivity contribution >= 4 is 15.9 Å². The average molecular weight is 284 g/mol. The van der Waals surface area contributed by atoms with Crippen LogP contribution in [0, 0.1) is 17.8 Å². The zero-order valence-corrected chi connectivity index (χ0v) is 10.9. The molecule has 2 nitrogen and oxygen atoms in total. The van der Waals surface area contributed by atoms with Crippen molar-refractivity contribution in [2.75, 3.05) is 0 Å². The van der Waals surface area contributed by atoms with Crippen LogP contribution in [0.4, 0.5) is 0 Å². The highest BCUT2D eigenvalue weighted by Gasteiger charge is 2.40. The Morgan fingerprint density at radius 2 is 2.25 bits per heavy atom. The molecule has 0 aliphatic heterocycles. The van der Waals surface area contributed by atoms with Crippen LogP contribution in [-0.4, -0.2) is 0 Å². The summed E-state index contributed by atoms with van der Waals surface area (Å²) in [5.74, 6) is 3.73. The van der Waals surface area contributed by atoms with E-state index >= 15 is 0 Å². The first-order valence-electron chi connectivity index (χ1n) is 6.23. The summed E-state index contributed by atoms with van der Waals surface area (Å²) >= 11 is 3.32. The van der Waals surface area contributed by atoms with Crippen molar-refractivity contribution in [1.82, 2.24) is 0 Å². The molecule has 0 radical (unpaired) electrons. The molecule has 4 atom stereocenters. The maximum Gasteiger partial charge on any atom is 0.169 e. The summed E-state index contributed by atoms with van der Waals surface area (Å²) in [6.45, 7) is 0. The Balaban J connectivity index is 1.62. The lowest BCUT2D eigenvalue weighted by atomic mass is 9.84. The summed E-state index contributed by atoms with van der Waals surface area (Å²) in [6, 6.07) is 3.99. The number of hydrogen-bond acceptors (Lipinski definition) is 2. The highest BCUT2D eigenvalue weighted by molar-refractivity contribution is 9.10. The molecule has 2 aliphatic rings. The topological polar surface area (TPSA) is 39.2 Å². The summed E-state index contributed by atoms with van der Waals surface area (Å²) in [7, 11) is 0. The van der Waals surface area contributed by atoms with Crippen LogP contribution in [0.3, 0.4) is 0 Å². The van der Waals surface area contributed by atoms with E-state index in [1.54, 1.807) is 0 Å². The predicted octanol–water partition coefficient (Wildman–Crippen LogP) is 3.87. The minimum absolute atomic E-state index is 0.0793. The van der Waals surface area contributed by atoms with Gasteiger partial charge in [0.05, 0.1) is 6.04 Å². The van der Waals surface area contributed by atoms with Gasteiger partial charge in [-0.2, -0.15) is 0 Å². The average Bonchev–Trinajstić information content (AvgIpc) is 2.92. The summed E-state index contributed by atoms with van der Waals surface area (Å²) in [4.78, 5) is 0. The third kappa shape index (κ3) is 1.95. The quantitative estimate of drug-likeness (QED) is 0.915. The third-order valence-electron chi connectivity index (χ3n) is 4.40. The fourth-order valence-corrected chi connectivity index (χ4v) is 3.95. The second-order valence-electron chi connectivity index (χ2n) is 5.42. The molecule has 0 amide bonds. The number of hydrogen-bond donors (Lipinski definition) is 1. The van der Waals surface area contributed by atoms with Gasteiger partial charge in [-0.15, -0.1) is 0 Å². The summed E-state index contributed by atoms with van der Waals surface area (Å²) in [5.41, 5.74) is 6.21. The molecule has 3 rings (SSSR count). The van der Waals surface area contributed by atoms with Crippen LogP contribution >= 0.6 is 15.9 Å². The molecule has 88 valence electrons. The molecule has 1 aromatic rings. The molecular formula is C13H18BrNO. The summed E-state index contributed by atoms with van der Waals surface area (Å²) < 4.78 is 6.31. The van der Waals surface area contributed by atoms with Gasteiger partial charge in [0, 0.05) is 0 Å². The minimum atomic E-state index is 0.0793. The molecule has 2 saturated carbocycles. The SMILES string of the molecule is NC(CC1CC2CCC1C2)c1ccc(Br)o1. The van der Waals surface area contributed by atoms with Crippen molar-refractivity contribution in [2.24, 2.45) is 23.5 Å². The van der Waals surface area contributed by atoms with Crippen LogP contribution < -0.4 is 5.73 Å². The van der Waals surface area contributed by atoms with Crippen molar-refractivity contribution in [3.63, 3.8) is 0 Å². The lowest BCUT2D eigenvalue weighted by molar-refractivity contribution is 0.282. The summed E-state index contributed by atoms with van der Waals surface area (Å²) in [6.07, 6.45) is 6.85. The maximum atomic E-state index is 6.21. The van der Waals surface area contributed by atoms with Crippen molar-refractivity contribution < 1.29 is 4.42 Å². The van der Waals surface area contributed by atoms with Crippen LogP contribution in [0.15, 0.2) is 21.2 Å². The molecule has 1 aromatic heterocycles. The highest BCUT2D eigenvalue weighted by Crippen LogP contribution is 2.50. The van der Waals surface area contributed by atoms with Crippen molar-refractivity contribution in [2.45, 2.75) is 38.1 Å². The van der Waals surface area contributed by atoms with Crippen molar-refractivity contribution in [3.05, 3.63) is 22.6 Å². The van der Waals surface area contributed by atoms with Gasteiger partial charge in [0.15, 0.2) is 4.67 Å². The standard InChI is InChI=1S/C13H18BrNO/c14-13-4-3-12(16-13)11(15)7-10-6-8-1-2-9(10)5-8/h3-4,8-11H,1-2,5-7,15H2. The number of fused-ring (bicyclic) bond motifs is 2. The second kappa shape index (κ2) is 4.19. The predicted molar refractivity (Wildman–Crippen MR) is 66.9 cm³/mol. The van der Waals surface area contributed by atoms with Crippen LogP contribution in [0.2, 0.25) is 0 Å². The Bertz CT molecular complexity index is 376. The Morgan fingerprint density at radius 3 is 2.81 bits per heavy atom. The lowest BCUT2D eigenvalue weighted by Gasteiger charge is -2.23. The third-order valence-corrected chi connectivity index (χ3v) is 4.83. The number of furan rings is 1. The monoisotopic (exact) mass is 283 g/mol. The molecule has 2 fully saturated rings. The van der Waals surface area contributed by atoms with Gasteiger partial charge in [-0.05, 0) is 71.5 Å². The minimum Gasteiger partial charge on any atom is -0.453 e. The van der Waals surface area contributed by atoms with Crippen LogP contribution in [-0.2, 0) is 0 Å². The zero-order chi connectivity index (χ0) is 11.1. The van der Waals surface area contributed by atoms with E-state index in [0.29, 0.717) is 0 Å². The van der Waals surface area contributed by atoms with E-state index in [2.05, 4.69) is 15.9 Å². The summed E-state index contributed by atoms with van der Waals surface area (Å²) in [5, 5.41) is 0. The molecular weight excluding hydrogens is 266 g/mol. The van der Waals surface area contributed by atoms with Gasteiger partial charge in [-0.3, -0.25) is 0 Å². The molecule has 16 heavy (non-hydrogen) atoms. The van der Waals surface area contributed by atoms with Crippen molar-refractivity contribution in [3.8, 4) is 0 Å². The molecule has 3 heteroatoms. The molecule has 1 heterocycles. The van der Waals surface area contributed by atoms with Gasteiger partial charge in [0.1, 0.15) is 5.76 Å². The number of halogens is 1. The fraction of sp³-hybridized carbons (Fsp3) is 0.692. The first-order chi connectivity index (χ1) is 7.72. The van der Waals surface area contributed by atoms with Gasteiger partial charge in [0.2, 0.25) is 0 Å². The van der Waals surface area contributed by atoms with E-state index in [-0.39, 0.29) is 6.04 Å². The van der Waals surface area contributed by atoms with E-state index in [0.717, 1.165) is 34.6 Å². The van der Waals surface area contributed by atoms with E-state index in [4.69, 9.17) is 10.2 Å². The molecule has 2 aliphatic carbocycles. The van der Waals surface area contributed by atoms with Crippen molar-refractivity contribution in [1.29, 1.82) is 0 Å². The van der Waals surface area contributed by atoms with Gasteiger partial charge >= 0.3 is 0 Å². The molecule has 4 unspecified atom stereocenters. The Hall–Kier alpha value is -0.280. The van der Waals surface area contributed by atoms with Gasteiger partial charge in [-0.1, -0.05) is 6.42 Å². The smallest absolute Gasteiger partial charge is 0.169 e. The fourth-order valence-electron chi connectivity index (χ4n) is 3.64. The molecule has 2 bridgehead atoms. The first kappa shape index (κ1) is 10.8. The van der Waals surface area contributed by atoms with E-state index in [1.807, 2.05) is 12.1 Å². The Kier molecular flexibility index (Phi) is 2.84.